The van der Waals surface area contributed by atoms with Crippen molar-refractivity contribution in [1.82, 2.24) is 5.32 Å². The predicted molar refractivity (Wildman–Crippen MR) is 68.4 cm³/mol. The zero-order valence-electron chi connectivity index (χ0n) is 9.83. The molecule has 1 N–H and O–H groups in total. The van der Waals surface area contributed by atoms with Crippen LogP contribution in [0.3, 0.4) is 0 Å². The molecule has 0 aliphatic rings. The van der Waals surface area contributed by atoms with Gasteiger partial charge in [-0.15, -0.1) is 0 Å². The molecule has 1 aromatic rings. The molecule has 0 radical (unpaired) electrons. The van der Waals surface area contributed by atoms with Gasteiger partial charge in [0.05, 0.1) is 0 Å². The summed E-state index contributed by atoms with van der Waals surface area (Å²) in [5.41, 5.74) is 0.301. The quantitative estimate of drug-likeness (QED) is 0.818. The molecular weight excluding hydrogens is 308 g/mol. The lowest BCUT2D eigenvalue weighted by atomic mass is 10.2. The maximum atomic E-state index is 12.0. The first kappa shape index (κ1) is 14.9. The van der Waals surface area contributed by atoms with Gasteiger partial charge in [-0.25, -0.2) is 0 Å². The van der Waals surface area contributed by atoms with Crippen LogP contribution in [0.15, 0.2) is 24.3 Å². The number of carbonyl (C=O) groups excluding carboxylic acids is 1. The summed E-state index contributed by atoms with van der Waals surface area (Å²) in [6.07, 6.45) is 0. The molecule has 1 rings (SSSR count). The van der Waals surface area contributed by atoms with Gasteiger partial charge in [0.15, 0.2) is 0 Å². The molecule has 1 unspecified atom stereocenters. The molecule has 0 saturated heterocycles. The Kier molecular flexibility index (Phi) is 6.04. The molecule has 1 atom stereocenters. The van der Waals surface area contributed by atoms with Gasteiger partial charge in [-0.2, -0.15) is 8.78 Å². The summed E-state index contributed by atoms with van der Waals surface area (Å²) < 4.78 is 28.3. The van der Waals surface area contributed by atoms with Crippen LogP contribution in [0.25, 0.3) is 0 Å². The second-order valence-electron chi connectivity index (χ2n) is 3.88. The minimum atomic E-state index is -2.89. The molecule has 0 bridgehead atoms. The summed E-state index contributed by atoms with van der Waals surface area (Å²) in [6.45, 7) is -0.397. The SMILES string of the molecule is CC(CBr)CNC(=O)c1cccc(OC(F)F)c1. The minimum absolute atomic E-state index is 0.0220. The highest BCUT2D eigenvalue weighted by molar-refractivity contribution is 9.09. The van der Waals surface area contributed by atoms with Crippen LogP contribution in [0.4, 0.5) is 8.78 Å². The van der Waals surface area contributed by atoms with Crippen molar-refractivity contribution < 1.29 is 18.3 Å². The van der Waals surface area contributed by atoms with Crippen molar-refractivity contribution in [1.29, 1.82) is 0 Å². The van der Waals surface area contributed by atoms with Crippen molar-refractivity contribution in [3.8, 4) is 5.75 Å². The van der Waals surface area contributed by atoms with Gasteiger partial charge in [0.2, 0.25) is 0 Å². The van der Waals surface area contributed by atoms with Crippen LogP contribution in [0.2, 0.25) is 0 Å². The van der Waals surface area contributed by atoms with E-state index in [1.807, 2.05) is 6.92 Å². The first-order valence-electron chi connectivity index (χ1n) is 5.42. The lowest BCUT2D eigenvalue weighted by Crippen LogP contribution is -2.28. The number of nitrogens with one attached hydrogen (secondary N) is 1. The third-order valence-electron chi connectivity index (χ3n) is 2.20. The van der Waals surface area contributed by atoms with Crippen LogP contribution in [0, 0.1) is 5.92 Å². The Labute approximate surface area is 113 Å². The fourth-order valence-corrected chi connectivity index (χ4v) is 1.47. The molecular formula is C12H14BrF2NO2. The number of benzene rings is 1. The second kappa shape index (κ2) is 7.31. The van der Waals surface area contributed by atoms with Gasteiger partial charge in [-0.1, -0.05) is 28.9 Å². The molecule has 0 saturated carbocycles. The number of amides is 1. The molecule has 0 aromatic heterocycles. The molecule has 1 aromatic carbocycles. The van der Waals surface area contributed by atoms with Crippen molar-refractivity contribution in [2.24, 2.45) is 5.92 Å². The van der Waals surface area contributed by atoms with E-state index in [1.165, 1.54) is 18.2 Å². The largest absolute Gasteiger partial charge is 0.435 e. The lowest BCUT2D eigenvalue weighted by molar-refractivity contribution is -0.0498. The Morgan fingerprint density at radius 3 is 2.83 bits per heavy atom. The summed E-state index contributed by atoms with van der Waals surface area (Å²) in [4.78, 5) is 11.7. The Hall–Kier alpha value is -1.17. The first-order valence-corrected chi connectivity index (χ1v) is 6.54. The number of rotatable bonds is 6. The van der Waals surface area contributed by atoms with Crippen molar-refractivity contribution >= 4 is 21.8 Å². The summed E-state index contributed by atoms with van der Waals surface area (Å²) >= 11 is 3.31. The van der Waals surface area contributed by atoms with Gasteiger partial charge in [0, 0.05) is 17.4 Å². The fraction of sp³-hybridized carbons (Fsp3) is 0.417. The molecule has 0 heterocycles. The van der Waals surface area contributed by atoms with E-state index in [0.717, 1.165) is 5.33 Å². The number of hydrogen-bond acceptors (Lipinski definition) is 2. The molecule has 3 nitrogen and oxygen atoms in total. The average Bonchev–Trinajstić information content (AvgIpc) is 2.35. The molecule has 100 valence electrons. The average molecular weight is 322 g/mol. The van der Waals surface area contributed by atoms with Crippen LogP contribution in [-0.4, -0.2) is 24.4 Å². The number of carbonyl (C=O) groups is 1. The normalized spacial score (nSPS) is 12.3. The van der Waals surface area contributed by atoms with Crippen molar-refractivity contribution in [3.63, 3.8) is 0 Å². The fourth-order valence-electron chi connectivity index (χ4n) is 1.24. The number of alkyl halides is 3. The van der Waals surface area contributed by atoms with Gasteiger partial charge in [-0.05, 0) is 24.1 Å². The van der Waals surface area contributed by atoms with E-state index in [1.54, 1.807) is 6.07 Å². The standard InChI is InChI=1S/C12H14BrF2NO2/c1-8(6-13)7-16-11(17)9-3-2-4-10(5-9)18-12(14)15/h2-5,8,12H,6-7H2,1H3,(H,16,17). The molecule has 1 amide bonds. The molecule has 18 heavy (non-hydrogen) atoms. The molecule has 0 spiro atoms. The molecule has 6 heteroatoms. The summed E-state index contributed by atoms with van der Waals surface area (Å²) in [5.74, 6) is -0.0249. The minimum Gasteiger partial charge on any atom is -0.435 e. The Bertz CT molecular complexity index is 401. The second-order valence-corrected chi connectivity index (χ2v) is 4.52. The smallest absolute Gasteiger partial charge is 0.387 e. The molecule has 0 fully saturated rings. The van der Waals surface area contributed by atoms with Gasteiger partial charge in [0.25, 0.3) is 5.91 Å². The van der Waals surface area contributed by atoms with E-state index < -0.39 is 6.61 Å². The third kappa shape index (κ3) is 5.00. The first-order chi connectivity index (χ1) is 8.52. The molecule has 0 aliphatic carbocycles. The predicted octanol–water partition coefficient (Wildman–Crippen LogP) is 3.05. The monoisotopic (exact) mass is 321 g/mol. The van der Waals surface area contributed by atoms with Gasteiger partial charge >= 0.3 is 6.61 Å². The maximum absolute atomic E-state index is 12.0. The Morgan fingerprint density at radius 2 is 2.22 bits per heavy atom. The van der Waals surface area contributed by atoms with Crippen LogP contribution < -0.4 is 10.1 Å². The Morgan fingerprint density at radius 1 is 1.50 bits per heavy atom. The third-order valence-corrected chi connectivity index (χ3v) is 3.30. The lowest BCUT2D eigenvalue weighted by Gasteiger charge is -2.10. The summed E-state index contributed by atoms with van der Waals surface area (Å²) in [5, 5.41) is 3.50. The summed E-state index contributed by atoms with van der Waals surface area (Å²) in [7, 11) is 0. The number of halogens is 3. The van der Waals surface area contributed by atoms with E-state index in [-0.39, 0.29) is 11.7 Å². The van der Waals surface area contributed by atoms with Crippen LogP contribution in [0.1, 0.15) is 17.3 Å². The van der Waals surface area contributed by atoms with E-state index in [9.17, 15) is 13.6 Å². The van der Waals surface area contributed by atoms with Crippen LogP contribution >= 0.6 is 15.9 Å². The van der Waals surface area contributed by atoms with Gasteiger partial charge < -0.3 is 10.1 Å². The van der Waals surface area contributed by atoms with Gasteiger partial charge in [-0.3, -0.25) is 4.79 Å². The zero-order valence-corrected chi connectivity index (χ0v) is 11.4. The van der Waals surface area contributed by atoms with Crippen LogP contribution in [0.5, 0.6) is 5.75 Å². The summed E-state index contributed by atoms with van der Waals surface area (Å²) in [6, 6.07) is 5.72. The molecule has 0 aliphatic heterocycles. The Balaban J connectivity index is 2.62. The van der Waals surface area contributed by atoms with E-state index in [0.29, 0.717) is 18.0 Å². The maximum Gasteiger partial charge on any atom is 0.387 e. The number of hydrogen-bond donors (Lipinski definition) is 1. The van der Waals surface area contributed by atoms with Crippen LogP contribution in [-0.2, 0) is 0 Å². The topological polar surface area (TPSA) is 38.3 Å². The van der Waals surface area contributed by atoms with Gasteiger partial charge in [0.1, 0.15) is 5.75 Å². The van der Waals surface area contributed by atoms with E-state index in [4.69, 9.17) is 0 Å². The highest BCUT2D eigenvalue weighted by Crippen LogP contribution is 2.15. The van der Waals surface area contributed by atoms with Crippen molar-refractivity contribution in [2.75, 3.05) is 11.9 Å². The van der Waals surface area contributed by atoms with Crippen molar-refractivity contribution in [2.45, 2.75) is 13.5 Å². The van der Waals surface area contributed by atoms with E-state index >= 15 is 0 Å². The highest BCUT2D eigenvalue weighted by atomic mass is 79.9. The van der Waals surface area contributed by atoms with Crippen molar-refractivity contribution in [3.05, 3.63) is 29.8 Å². The van der Waals surface area contributed by atoms with E-state index in [2.05, 4.69) is 26.0 Å². The highest BCUT2D eigenvalue weighted by Gasteiger charge is 2.10. The number of ether oxygens (including phenoxy) is 1. The zero-order chi connectivity index (χ0) is 13.5.